The number of Topliss-reactive ketones (excluding diaryl/α,β-unsaturated/α-hetero) is 1. The number of thiophene rings is 1. The fourth-order valence-corrected chi connectivity index (χ4v) is 3.28. The van der Waals surface area contributed by atoms with E-state index in [0.717, 1.165) is 16.9 Å². The third-order valence-electron chi connectivity index (χ3n) is 3.99. The summed E-state index contributed by atoms with van der Waals surface area (Å²) in [6, 6.07) is 13.3. The van der Waals surface area contributed by atoms with E-state index in [1.807, 2.05) is 47.8 Å². The predicted octanol–water partition coefficient (Wildman–Crippen LogP) is 3.90. The molecule has 2 aromatic heterocycles. The van der Waals surface area contributed by atoms with Crippen LogP contribution in [0.5, 0.6) is 0 Å². The number of aryl methyl sites for hydroxylation is 1. The molecule has 1 aromatic carbocycles. The minimum absolute atomic E-state index is 0.0375. The Morgan fingerprint density at radius 2 is 1.89 bits per heavy atom. The van der Waals surface area contributed by atoms with Gasteiger partial charge in [0.2, 0.25) is 17.6 Å². The number of hydrogen-bond acceptors (Lipinski definition) is 6. The Labute approximate surface area is 161 Å². The third kappa shape index (κ3) is 5.86. The molecule has 3 rings (SSSR count). The first-order valence-corrected chi connectivity index (χ1v) is 9.82. The molecule has 0 saturated heterocycles. The number of nitrogens with zero attached hydrogens (tertiary/aromatic N) is 2. The molecule has 0 fully saturated rings. The zero-order chi connectivity index (χ0) is 18.9. The monoisotopic (exact) mass is 383 g/mol. The van der Waals surface area contributed by atoms with Gasteiger partial charge in [-0.05, 0) is 24.3 Å². The highest BCUT2D eigenvalue weighted by Gasteiger charge is 2.10. The number of rotatable bonds is 10. The second kappa shape index (κ2) is 9.78. The van der Waals surface area contributed by atoms with Gasteiger partial charge in [-0.3, -0.25) is 9.59 Å². The number of nitrogens with one attached hydrogen (secondary N) is 1. The molecular weight excluding hydrogens is 362 g/mol. The zero-order valence-corrected chi connectivity index (χ0v) is 15.7. The van der Waals surface area contributed by atoms with Gasteiger partial charge < -0.3 is 9.84 Å². The molecule has 140 valence electrons. The molecule has 0 saturated carbocycles. The Kier molecular flexibility index (Phi) is 6.87. The van der Waals surface area contributed by atoms with Crippen molar-refractivity contribution in [3.05, 3.63) is 58.6 Å². The van der Waals surface area contributed by atoms with Crippen LogP contribution in [0.25, 0.3) is 11.4 Å². The van der Waals surface area contributed by atoms with Gasteiger partial charge in [0, 0.05) is 31.4 Å². The molecule has 0 bridgehead atoms. The number of hydrogen-bond donors (Lipinski definition) is 1. The van der Waals surface area contributed by atoms with Crippen molar-refractivity contribution >= 4 is 23.0 Å². The van der Waals surface area contributed by atoms with E-state index in [0.29, 0.717) is 43.9 Å². The van der Waals surface area contributed by atoms with Gasteiger partial charge in [-0.15, -0.1) is 11.3 Å². The lowest BCUT2D eigenvalue weighted by Crippen LogP contribution is -2.24. The predicted molar refractivity (Wildman–Crippen MR) is 104 cm³/mol. The molecule has 0 aliphatic heterocycles. The largest absolute Gasteiger partial charge is 0.356 e. The van der Waals surface area contributed by atoms with Gasteiger partial charge in [0.15, 0.2) is 5.78 Å². The Balaban J connectivity index is 1.30. The van der Waals surface area contributed by atoms with Crippen LogP contribution in [0.2, 0.25) is 0 Å². The van der Waals surface area contributed by atoms with Crippen molar-refractivity contribution in [1.82, 2.24) is 15.5 Å². The molecule has 6 nitrogen and oxygen atoms in total. The molecule has 0 aliphatic carbocycles. The highest BCUT2D eigenvalue weighted by atomic mass is 32.1. The van der Waals surface area contributed by atoms with Crippen molar-refractivity contribution in [3.63, 3.8) is 0 Å². The topological polar surface area (TPSA) is 85.1 Å². The summed E-state index contributed by atoms with van der Waals surface area (Å²) in [7, 11) is 0. The van der Waals surface area contributed by atoms with Crippen molar-refractivity contribution in [2.45, 2.75) is 32.1 Å². The normalized spacial score (nSPS) is 10.7. The molecule has 0 aliphatic rings. The first-order valence-electron chi connectivity index (χ1n) is 8.94. The Morgan fingerprint density at radius 3 is 2.67 bits per heavy atom. The first-order chi connectivity index (χ1) is 13.2. The molecular formula is C20H21N3O3S. The van der Waals surface area contributed by atoms with Crippen LogP contribution in [0.1, 0.15) is 41.2 Å². The molecule has 3 aromatic rings. The summed E-state index contributed by atoms with van der Waals surface area (Å²) >= 11 is 1.43. The van der Waals surface area contributed by atoms with E-state index < -0.39 is 0 Å². The van der Waals surface area contributed by atoms with Crippen LogP contribution in [0, 0.1) is 0 Å². The maximum atomic E-state index is 11.9. The Hall–Kier alpha value is -2.80. The highest BCUT2D eigenvalue weighted by molar-refractivity contribution is 7.12. The van der Waals surface area contributed by atoms with Crippen molar-refractivity contribution in [2.75, 3.05) is 6.54 Å². The minimum Gasteiger partial charge on any atom is -0.356 e. The third-order valence-corrected chi connectivity index (χ3v) is 4.90. The average molecular weight is 383 g/mol. The van der Waals surface area contributed by atoms with E-state index in [-0.39, 0.29) is 11.7 Å². The standard InChI is InChI=1S/C20H21N3O3S/c24-16(17-10-6-14-27-17)9-4-11-18(25)21-13-5-12-19-22-20(23-26-19)15-7-2-1-3-8-15/h1-3,6-8,10,14H,4-5,9,11-13H2,(H,21,25). The smallest absolute Gasteiger partial charge is 0.227 e. The van der Waals surface area contributed by atoms with Gasteiger partial charge in [0.1, 0.15) is 0 Å². The maximum Gasteiger partial charge on any atom is 0.227 e. The highest BCUT2D eigenvalue weighted by Crippen LogP contribution is 2.15. The average Bonchev–Trinajstić information content (AvgIpc) is 3.38. The van der Waals surface area contributed by atoms with E-state index >= 15 is 0 Å². The number of benzene rings is 1. The van der Waals surface area contributed by atoms with Crippen LogP contribution < -0.4 is 5.32 Å². The SMILES string of the molecule is O=C(CCCC(=O)c1cccs1)NCCCc1nc(-c2ccccc2)no1. The molecule has 27 heavy (non-hydrogen) atoms. The van der Waals surface area contributed by atoms with Crippen LogP contribution in [-0.2, 0) is 11.2 Å². The molecule has 0 unspecified atom stereocenters. The van der Waals surface area contributed by atoms with Crippen LogP contribution >= 0.6 is 11.3 Å². The van der Waals surface area contributed by atoms with Crippen molar-refractivity contribution in [1.29, 1.82) is 0 Å². The fraction of sp³-hybridized carbons (Fsp3) is 0.300. The van der Waals surface area contributed by atoms with Crippen LogP contribution in [0.3, 0.4) is 0 Å². The zero-order valence-electron chi connectivity index (χ0n) is 14.9. The van der Waals surface area contributed by atoms with Crippen LogP contribution in [-0.4, -0.2) is 28.4 Å². The molecule has 2 heterocycles. The Bertz CT molecular complexity index is 860. The summed E-state index contributed by atoms with van der Waals surface area (Å²) < 4.78 is 5.24. The van der Waals surface area contributed by atoms with Crippen molar-refractivity contribution in [3.8, 4) is 11.4 Å². The summed E-state index contributed by atoms with van der Waals surface area (Å²) in [6.07, 6.45) is 2.65. The van der Waals surface area contributed by atoms with Crippen molar-refractivity contribution in [2.24, 2.45) is 0 Å². The maximum absolute atomic E-state index is 11.9. The number of ketones is 1. The number of aromatic nitrogens is 2. The van der Waals surface area contributed by atoms with Gasteiger partial charge in [-0.2, -0.15) is 4.98 Å². The van der Waals surface area contributed by atoms with Gasteiger partial charge in [0.25, 0.3) is 0 Å². The van der Waals surface area contributed by atoms with Crippen molar-refractivity contribution < 1.29 is 14.1 Å². The van der Waals surface area contributed by atoms with Gasteiger partial charge in [-0.1, -0.05) is 41.6 Å². The second-order valence-corrected chi connectivity index (χ2v) is 7.03. The van der Waals surface area contributed by atoms with E-state index in [2.05, 4.69) is 15.5 Å². The quantitative estimate of drug-likeness (QED) is 0.424. The molecule has 7 heteroatoms. The van der Waals surface area contributed by atoms with E-state index in [9.17, 15) is 9.59 Å². The summed E-state index contributed by atoms with van der Waals surface area (Å²) in [5, 5.41) is 8.72. The summed E-state index contributed by atoms with van der Waals surface area (Å²) in [5.41, 5.74) is 0.915. The first kappa shape index (κ1) is 19.0. The molecule has 0 atom stereocenters. The Morgan fingerprint density at radius 1 is 1.04 bits per heavy atom. The molecule has 1 amide bonds. The molecule has 0 spiro atoms. The summed E-state index contributed by atoms with van der Waals surface area (Å²) in [6.45, 7) is 0.542. The van der Waals surface area contributed by atoms with Gasteiger partial charge >= 0.3 is 0 Å². The van der Waals surface area contributed by atoms with Gasteiger partial charge in [-0.25, -0.2) is 0 Å². The molecule has 0 radical (unpaired) electrons. The number of carbonyl (C=O) groups is 2. The fourth-order valence-electron chi connectivity index (χ4n) is 2.59. The van der Waals surface area contributed by atoms with E-state index in [1.54, 1.807) is 0 Å². The lowest BCUT2D eigenvalue weighted by molar-refractivity contribution is -0.121. The number of carbonyl (C=O) groups excluding carboxylic acids is 2. The van der Waals surface area contributed by atoms with Crippen LogP contribution in [0.15, 0.2) is 52.4 Å². The lowest BCUT2D eigenvalue weighted by Gasteiger charge is -2.03. The second-order valence-electron chi connectivity index (χ2n) is 6.09. The van der Waals surface area contributed by atoms with E-state index in [1.165, 1.54) is 11.3 Å². The number of amides is 1. The van der Waals surface area contributed by atoms with Crippen LogP contribution in [0.4, 0.5) is 0 Å². The van der Waals surface area contributed by atoms with Gasteiger partial charge in [0.05, 0.1) is 4.88 Å². The minimum atomic E-state index is -0.0375. The molecule has 1 N–H and O–H groups in total. The van der Waals surface area contributed by atoms with E-state index in [4.69, 9.17) is 4.52 Å². The lowest BCUT2D eigenvalue weighted by atomic mass is 10.1. The summed E-state index contributed by atoms with van der Waals surface area (Å²) in [4.78, 5) is 28.8. The summed E-state index contributed by atoms with van der Waals surface area (Å²) in [5.74, 6) is 1.20.